The van der Waals surface area contributed by atoms with Crippen LogP contribution >= 0.6 is 11.8 Å². The molecule has 0 aromatic heterocycles. The standard InChI is InChI=1S/C15H20N2O3S/c1-21-8-11(12(16)15(19)20)14(18)13-10-5-3-2-4-9(10)6-7-17-13/h2-5,11-13,17H,6-8,16H2,1H3,(H,19,20)/t11-,12-,13?/m0/s1. The molecule has 0 spiro atoms. The lowest BCUT2D eigenvalue weighted by molar-refractivity contribution is -0.142. The number of fused-ring (bicyclic) bond motifs is 1. The van der Waals surface area contributed by atoms with Crippen molar-refractivity contribution in [3.8, 4) is 0 Å². The minimum Gasteiger partial charge on any atom is -0.480 e. The molecule has 0 radical (unpaired) electrons. The van der Waals surface area contributed by atoms with E-state index in [-0.39, 0.29) is 5.78 Å². The third-order valence-electron chi connectivity index (χ3n) is 3.82. The van der Waals surface area contributed by atoms with Gasteiger partial charge in [-0.25, -0.2) is 0 Å². The number of thioether (sulfide) groups is 1. The highest BCUT2D eigenvalue weighted by Gasteiger charge is 2.36. The number of Topliss-reactive ketones (excluding diaryl/α,β-unsaturated/α-hetero) is 1. The first-order valence-corrected chi connectivity index (χ1v) is 8.28. The number of benzene rings is 1. The van der Waals surface area contributed by atoms with Gasteiger partial charge in [-0.1, -0.05) is 24.3 Å². The number of nitrogens with two attached hydrogens (primary N) is 1. The number of carbonyl (C=O) groups is 2. The molecule has 1 aromatic rings. The second-order valence-electron chi connectivity index (χ2n) is 5.16. The minimum absolute atomic E-state index is 0.133. The van der Waals surface area contributed by atoms with E-state index >= 15 is 0 Å². The van der Waals surface area contributed by atoms with Gasteiger partial charge < -0.3 is 16.2 Å². The normalized spacial score (nSPS) is 20.4. The predicted molar refractivity (Wildman–Crippen MR) is 83.4 cm³/mol. The Morgan fingerprint density at radius 3 is 2.86 bits per heavy atom. The minimum atomic E-state index is -1.17. The van der Waals surface area contributed by atoms with Gasteiger partial charge in [0.1, 0.15) is 6.04 Å². The van der Waals surface area contributed by atoms with E-state index in [0.29, 0.717) is 12.3 Å². The lowest BCUT2D eigenvalue weighted by Gasteiger charge is -2.30. The molecule has 1 aromatic carbocycles. The van der Waals surface area contributed by atoms with E-state index in [1.807, 2.05) is 30.5 Å². The Labute approximate surface area is 128 Å². The van der Waals surface area contributed by atoms with Gasteiger partial charge in [-0.05, 0) is 23.8 Å². The molecule has 0 fully saturated rings. The van der Waals surface area contributed by atoms with Crippen LogP contribution in [-0.2, 0) is 16.0 Å². The molecule has 2 rings (SSSR count). The lowest BCUT2D eigenvalue weighted by atomic mass is 9.85. The highest BCUT2D eigenvalue weighted by atomic mass is 32.2. The fraction of sp³-hybridized carbons (Fsp3) is 0.467. The highest BCUT2D eigenvalue weighted by molar-refractivity contribution is 7.98. The first kappa shape index (κ1) is 16.0. The number of carboxylic acids is 1. The number of carboxylic acid groups (broad SMARTS) is 1. The van der Waals surface area contributed by atoms with Crippen molar-refractivity contribution in [2.75, 3.05) is 18.6 Å². The molecular weight excluding hydrogens is 288 g/mol. The zero-order valence-electron chi connectivity index (χ0n) is 11.9. The Morgan fingerprint density at radius 2 is 2.19 bits per heavy atom. The molecule has 6 heteroatoms. The van der Waals surface area contributed by atoms with Gasteiger partial charge in [0.15, 0.2) is 5.78 Å². The van der Waals surface area contributed by atoms with Gasteiger partial charge in [0.25, 0.3) is 0 Å². The van der Waals surface area contributed by atoms with Crippen molar-refractivity contribution in [1.29, 1.82) is 0 Å². The van der Waals surface area contributed by atoms with Crippen LogP contribution < -0.4 is 11.1 Å². The molecule has 1 heterocycles. The van der Waals surface area contributed by atoms with E-state index in [1.54, 1.807) is 0 Å². The van der Waals surface area contributed by atoms with Gasteiger partial charge in [-0.15, -0.1) is 0 Å². The molecule has 0 amide bonds. The molecule has 1 aliphatic rings. The SMILES string of the molecule is CSC[C@H](C(=O)C1NCCc2ccccc21)[C@H](N)C(=O)O. The van der Waals surface area contributed by atoms with E-state index in [1.165, 1.54) is 11.8 Å². The van der Waals surface area contributed by atoms with E-state index in [2.05, 4.69) is 5.32 Å². The molecule has 21 heavy (non-hydrogen) atoms. The van der Waals surface area contributed by atoms with Gasteiger partial charge in [0, 0.05) is 12.3 Å². The summed E-state index contributed by atoms with van der Waals surface area (Å²) < 4.78 is 0. The number of aliphatic carboxylic acids is 1. The number of nitrogens with one attached hydrogen (secondary N) is 1. The summed E-state index contributed by atoms with van der Waals surface area (Å²) in [6.07, 6.45) is 2.72. The number of carbonyl (C=O) groups excluding carboxylic acids is 1. The summed E-state index contributed by atoms with van der Waals surface area (Å²) in [6, 6.07) is 6.16. The fourth-order valence-corrected chi connectivity index (χ4v) is 3.42. The molecule has 1 unspecified atom stereocenters. The highest BCUT2D eigenvalue weighted by Crippen LogP contribution is 2.27. The molecule has 114 valence electrons. The number of hydrogen-bond donors (Lipinski definition) is 3. The van der Waals surface area contributed by atoms with Crippen LogP contribution in [0.15, 0.2) is 24.3 Å². The van der Waals surface area contributed by atoms with Crippen LogP contribution in [0.1, 0.15) is 17.2 Å². The Balaban J connectivity index is 2.27. The molecular formula is C15H20N2O3S. The smallest absolute Gasteiger partial charge is 0.321 e. The van der Waals surface area contributed by atoms with Crippen molar-refractivity contribution in [3.63, 3.8) is 0 Å². The first-order valence-electron chi connectivity index (χ1n) is 6.88. The predicted octanol–water partition coefficient (Wildman–Crippen LogP) is 0.834. The van der Waals surface area contributed by atoms with Gasteiger partial charge in [-0.3, -0.25) is 9.59 Å². The molecule has 0 aliphatic carbocycles. The van der Waals surface area contributed by atoms with Crippen molar-refractivity contribution in [3.05, 3.63) is 35.4 Å². The van der Waals surface area contributed by atoms with Crippen molar-refractivity contribution in [1.82, 2.24) is 5.32 Å². The van der Waals surface area contributed by atoms with Crippen molar-refractivity contribution in [2.24, 2.45) is 11.7 Å². The van der Waals surface area contributed by atoms with Gasteiger partial charge in [0.05, 0.1) is 12.0 Å². The topological polar surface area (TPSA) is 92.4 Å². The Morgan fingerprint density at radius 1 is 1.48 bits per heavy atom. The van der Waals surface area contributed by atoms with Crippen LogP contribution in [0.25, 0.3) is 0 Å². The van der Waals surface area contributed by atoms with Crippen LogP contribution in [0.3, 0.4) is 0 Å². The number of rotatable bonds is 6. The Hall–Kier alpha value is -1.37. The molecule has 1 aliphatic heterocycles. The quantitative estimate of drug-likeness (QED) is 0.721. The average molecular weight is 308 g/mol. The van der Waals surface area contributed by atoms with Crippen LogP contribution in [0.4, 0.5) is 0 Å². The fourth-order valence-electron chi connectivity index (χ4n) is 2.69. The first-order chi connectivity index (χ1) is 10.1. The maximum absolute atomic E-state index is 12.8. The summed E-state index contributed by atoms with van der Waals surface area (Å²) in [6.45, 7) is 0.710. The maximum atomic E-state index is 12.8. The monoisotopic (exact) mass is 308 g/mol. The van der Waals surface area contributed by atoms with Crippen molar-refractivity contribution < 1.29 is 14.7 Å². The zero-order valence-corrected chi connectivity index (χ0v) is 12.7. The van der Waals surface area contributed by atoms with E-state index in [9.17, 15) is 9.59 Å². The molecule has 0 saturated carbocycles. The summed E-state index contributed by atoms with van der Waals surface area (Å²) in [7, 11) is 0. The second kappa shape index (κ2) is 7.06. The maximum Gasteiger partial charge on any atom is 0.321 e. The van der Waals surface area contributed by atoms with Crippen molar-refractivity contribution in [2.45, 2.75) is 18.5 Å². The largest absolute Gasteiger partial charge is 0.480 e. The zero-order chi connectivity index (χ0) is 15.4. The van der Waals surface area contributed by atoms with Crippen LogP contribution in [0.5, 0.6) is 0 Å². The average Bonchev–Trinajstić information content (AvgIpc) is 2.50. The van der Waals surface area contributed by atoms with E-state index in [4.69, 9.17) is 10.8 Å². The molecule has 3 atom stereocenters. The van der Waals surface area contributed by atoms with Gasteiger partial charge in [-0.2, -0.15) is 11.8 Å². The van der Waals surface area contributed by atoms with Gasteiger partial charge >= 0.3 is 5.97 Å². The molecule has 0 saturated heterocycles. The number of hydrogen-bond acceptors (Lipinski definition) is 5. The summed E-state index contributed by atoms with van der Waals surface area (Å²) in [5, 5.41) is 12.3. The van der Waals surface area contributed by atoms with Gasteiger partial charge in [0.2, 0.25) is 0 Å². The van der Waals surface area contributed by atoms with Crippen molar-refractivity contribution >= 4 is 23.5 Å². The summed E-state index contributed by atoms with van der Waals surface area (Å²) in [4.78, 5) is 23.9. The third-order valence-corrected chi connectivity index (χ3v) is 4.52. The van der Waals surface area contributed by atoms with Crippen LogP contribution in [0.2, 0.25) is 0 Å². The van der Waals surface area contributed by atoms with Crippen LogP contribution in [0, 0.1) is 5.92 Å². The lowest BCUT2D eigenvalue weighted by Crippen LogP contribution is -2.48. The molecule has 4 N–H and O–H groups in total. The van der Waals surface area contributed by atoms with Crippen LogP contribution in [-0.4, -0.2) is 41.5 Å². The summed E-state index contributed by atoms with van der Waals surface area (Å²) in [5.74, 6) is -1.55. The summed E-state index contributed by atoms with van der Waals surface area (Å²) in [5.41, 5.74) is 7.80. The van der Waals surface area contributed by atoms with E-state index in [0.717, 1.165) is 17.5 Å². The number of ketones is 1. The summed E-state index contributed by atoms with van der Waals surface area (Å²) >= 11 is 1.44. The molecule has 5 nitrogen and oxygen atoms in total. The Kier molecular flexibility index (Phi) is 5.39. The molecule has 0 bridgehead atoms. The Bertz CT molecular complexity index is 535. The second-order valence-corrected chi connectivity index (χ2v) is 6.07. The van der Waals surface area contributed by atoms with E-state index < -0.39 is 24.0 Å². The third kappa shape index (κ3) is 3.45.